The molecule has 0 bridgehead atoms. The van der Waals surface area contributed by atoms with Crippen LogP contribution in [0.4, 0.5) is 5.13 Å². The van der Waals surface area contributed by atoms with Crippen molar-refractivity contribution in [2.24, 2.45) is 0 Å². The summed E-state index contributed by atoms with van der Waals surface area (Å²) in [7, 11) is 0. The summed E-state index contributed by atoms with van der Waals surface area (Å²) in [5.74, 6) is 1.93. The maximum atomic E-state index is 12.3. The first-order chi connectivity index (χ1) is 13.2. The van der Waals surface area contributed by atoms with E-state index >= 15 is 0 Å². The van der Waals surface area contributed by atoms with Crippen molar-refractivity contribution in [3.63, 3.8) is 0 Å². The van der Waals surface area contributed by atoms with E-state index in [0.29, 0.717) is 10.0 Å². The molecule has 2 aromatic heterocycles. The van der Waals surface area contributed by atoms with Gasteiger partial charge in [-0.2, -0.15) is 0 Å². The fraction of sp³-hybridized carbons (Fsp3) is 0.368. The molecular weight excluding hydrogens is 360 g/mol. The van der Waals surface area contributed by atoms with Crippen LogP contribution in [0.5, 0.6) is 0 Å². The van der Waals surface area contributed by atoms with E-state index in [1.807, 2.05) is 6.07 Å². The number of nitrogens with one attached hydrogen (secondary N) is 1. The lowest BCUT2D eigenvalue weighted by Gasteiger charge is -2.15. The van der Waals surface area contributed by atoms with Crippen molar-refractivity contribution in [1.82, 2.24) is 25.1 Å². The normalized spacial score (nSPS) is 16.5. The summed E-state index contributed by atoms with van der Waals surface area (Å²) in [6, 6.07) is 10.5. The molecule has 8 heteroatoms. The lowest BCUT2D eigenvalue weighted by atomic mass is 10.1. The molecule has 0 radical (unpaired) electrons. The second-order valence-electron chi connectivity index (χ2n) is 6.73. The Morgan fingerprint density at radius 3 is 2.85 bits per heavy atom. The topological polar surface area (TPSA) is 98.7 Å². The first-order valence-electron chi connectivity index (χ1n) is 9.16. The van der Waals surface area contributed by atoms with Gasteiger partial charge in [-0.15, -0.1) is 10.2 Å². The van der Waals surface area contributed by atoms with Crippen LogP contribution in [0.15, 0.2) is 36.5 Å². The number of carbonyl (C=O) groups is 1. The summed E-state index contributed by atoms with van der Waals surface area (Å²) in [5.41, 5.74) is 6.92. The molecule has 1 aromatic carbocycles. The largest absolute Gasteiger partial charge is 0.375 e. The Kier molecular flexibility index (Phi) is 5.15. The van der Waals surface area contributed by atoms with Gasteiger partial charge in [0, 0.05) is 25.4 Å². The van der Waals surface area contributed by atoms with Crippen LogP contribution in [0.3, 0.4) is 0 Å². The number of fused-ring (bicyclic) bond motifs is 1. The average molecular weight is 382 g/mol. The van der Waals surface area contributed by atoms with Crippen molar-refractivity contribution in [3.05, 3.63) is 58.6 Å². The molecule has 1 atom stereocenters. The zero-order valence-electron chi connectivity index (χ0n) is 15.0. The number of aryl methyl sites for hydroxylation is 3. The highest BCUT2D eigenvalue weighted by molar-refractivity contribution is 7.17. The summed E-state index contributed by atoms with van der Waals surface area (Å²) < 4.78 is 2.22. The zero-order valence-corrected chi connectivity index (χ0v) is 15.8. The van der Waals surface area contributed by atoms with Crippen molar-refractivity contribution in [2.75, 3.05) is 5.73 Å². The zero-order chi connectivity index (χ0) is 18.6. The summed E-state index contributed by atoms with van der Waals surface area (Å²) in [6.45, 7) is 0.822. The molecule has 0 aliphatic carbocycles. The minimum absolute atomic E-state index is 0.101. The molecule has 7 nitrogen and oxygen atoms in total. The first kappa shape index (κ1) is 17.7. The van der Waals surface area contributed by atoms with Crippen LogP contribution in [0.1, 0.15) is 39.7 Å². The van der Waals surface area contributed by atoms with Crippen molar-refractivity contribution in [1.29, 1.82) is 0 Å². The van der Waals surface area contributed by atoms with Crippen LogP contribution < -0.4 is 11.1 Å². The third kappa shape index (κ3) is 4.16. The molecular formula is C19H22N6OS. The third-order valence-electron chi connectivity index (χ3n) is 4.88. The number of thiazole rings is 1. The van der Waals surface area contributed by atoms with E-state index in [2.05, 4.69) is 49.3 Å². The molecule has 27 heavy (non-hydrogen) atoms. The van der Waals surface area contributed by atoms with E-state index < -0.39 is 0 Å². The SMILES string of the molecule is Nc1ncc(C(=O)NC2CCc3nnc(CCc4ccccc4)n3CC2)s1. The fourth-order valence-electron chi connectivity index (χ4n) is 3.43. The number of amides is 1. The lowest BCUT2D eigenvalue weighted by molar-refractivity contribution is 0.0937. The smallest absolute Gasteiger partial charge is 0.263 e. The van der Waals surface area contributed by atoms with Gasteiger partial charge in [0.05, 0.1) is 6.20 Å². The van der Waals surface area contributed by atoms with E-state index in [1.165, 1.54) is 23.1 Å². The van der Waals surface area contributed by atoms with Crippen LogP contribution in [0.2, 0.25) is 0 Å². The number of hydrogen-bond donors (Lipinski definition) is 2. The number of carbonyl (C=O) groups excluding carboxylic acids is 1. The number of rotatable bonds is 5. The van der Waals surface area contributed by atoms with Crippen molar-refractivity contribution < 1.29 is 4.79 Å². The molecule has 3 heterocycles. The quantitative estimate of drug-likeness (QED) is 0.705. The minimum atomic E-state index is -0.101. The lowest BCUT2D eigenvalue weighted by Crippen LogP contribution is -2.34. The van der Waals surface area contributed by atoms with E-state index in [9.17, 15) is 4.79 Å². The van der Waals surface area contributed by atoms with Crippen molar-refractivity contribution in [3.8, 4) is 0 Å². The van der Waals surface area contributed by atoms with E-state index in [4.69, 9.17) is 5.73 Å². The third-order valence-corrected chi connectivity index (χ3v) is 5.71. The van der Waals surface area contributed by atoms with Crippen molar-refractivity contribution in [2.45, 2.75) is 44.7 Å². The Balaban J connectivity index is 1.37. The Morgan fingerprint density at radius 1 is 1.22 bits per heavy atom. The van der Waals surface area contributed by atoms with Gasteiger partial charge >= 0.3 is 0 Å². The molecule has 1 aliphatic rings. The Bertz CT molecular complexity index is 919. The summed E-state index contributed by atoms with van der Waals surface area (Å²) >= 11 is 1.21. The Hall–Kier alpha value is -2.74. The van der Waals surface area contributed by atoms with Crippen LogP contribution in [0, 0.1) is 0 Å². The highest BCUT2D eigenvalue weighted by Gasteiger charge is 2.22. The Labute approximate surface area is 161 Å². The van der Waals surface area contributed by atoms with Gasteiger partial charge in [-0.1, -0.05) is 41.7 Å². The molecule has 0 saturated heterocycles. The maximum Gasteiger partial charge on any atom is 0.263 e. The van der Waals surface area contributed by atoms with Gasteiger partial charge in [-0.05, 0) is 24.8 Å². The molecule has 4 rings (SSSR count). The van der Waals surface area contributed by atoms with E-state index in [0.717, 1.165) is 50.3 Å². The number of aromatic nitrogens is 4. The Morgan fingerprint density at radius 2 is 2.07 bits per heavy atom. The highest BCUT2D eigenvalue weighted by Crippen LogP contribution is 2.19. The average Bonchev–Trinajstić information content (AvgIpc) is 3.24. The molecule has 140 valence electrons. The van der Waals surface area contributed by atoms with E-state index in [1.54, 1.807) is 0 Å². The molecule has 1 aliphatic heterocycles. The van der Waals surface area contributed by atoms with Gasteiger partial charge in [0.25, 0.3) is 5.91 Å². The second kappa shape index (κ2) is 7.87. The van der Waals surface area contributed by atoms with E-state index in [-0.39, 0.29) is 11.9 Å². The highest BCUT2D eigenvalue weighted by atomic mass is 32.1. The van der Waals surface area contributed by atoms with Gasteiger partial charge in [0.1, 0.15) is 16.5 Å². The van der Waals surface area contributed by atoms with Gasteiger partial charge in [0.2, 0.25) is 0 Å². The van der Waals surface area contributed by atoms with Crippen LogP contribution in [0.25, 0.3) is 0 Å². The second-order valence-corrected chi connectivity index (χ2v) is 7.79. The molecule has 0 fully saturated rings. The van der Waals surface area contributed by atoms with Gasteiger partial charge in [-0.25, -0.2) is 4.98 Å². The summed E-state index contributed by atoms with van der Waals surface area (Å²) in [5, 5.41) is 12.3. The molecule has 0 spiro atoms. The number of anilines is 1. The van der Waals surface area contributed by atoms with Crippen molar-refractivity contribution >= 4 is 22.4 Å². The molecule has 0 saturated carbocycles. The first-order valence-corrected chi connectivity index (χ1v) is 9.98. The number of nitrogen functional groups attached to an aromatic ring is 1. The van der Waals surface area contributed by atoms with Crippen LogP contribution in [-0.2, 0) is 25.8 Å². The standard InChI is InChI=1S/C19H22N6OS/c20-19-21-12-15(27-19)18(26)22-14-7-9-17-24-23-16(25(17)11-10-14)8-6-13-4-2-1-3-5-13/h1-5,12,14H,6-11H2,(H2,20,21)(H,22,26). The molecule has 3 aromatic rings. The summed E-state index contributed by atoms with van der Waals surface area (Å²) in [4.78, 5) is 16.8. The minimum Gasteiger partial charge on any atom is -0.375 e. The number of benzene rings is 1. The predicted molar refractivity (Wildman–Crippen MR) is 105 cm³/mol. The van der Waals surface area contributed by atoms with Gasteiger partial charge < -0.3 is 15.6 Å². The number of hydrogen-bond acceptors (Lipinski definition) is 6. The maximum absolute atomic E-state index is 12.3. The molecule has 3 N–H and O–H groups in total. The van der Waals surface area contributed by atoms with Crippen LogP contribution in [-0.4, -0.2) is 31.7 Å². The molecule has 1 unspecified atom stereocenters. The monoisotopic (exact) mass is 382 g/mol. The van der Waals surface area contributed by atoms with Crippen LogP contribution >= 0.6 is 11.3 Å². The summed E-state index contributed by atoms with van der Waals surface area (Å²) in [6.07, 6.45) is 5.89. The number of nitrogens with two attached hydrogens (primary N) is 1. The number of nitrogens with zero attached hydrogens (tertiary/aromatic N) is 4. The molecule has 1 amide bonds. The fourth-order valence-corrected chi connectivity index (χ4v) is 4.02. The predicted octanol–water partition coefficient (Wildman–Crippen LogP) is 2.24. The van der Waals surface area contributed by atoms with Gasteiger partial charge in [-0.3, -0.25) is 4.79 Å². The van der Waals surface area contributed by atoms with Gasteiger partial charge in [0.15, 0.2) is 5.13 Å².